The third-order valence-corrected chi connectivity index (χ3v) is 2.24. The molecule has 0 fully saturated rings. The van der Waals surface area contributed by atoms with Crippen molar-refractivity contribution >= 4 is 11.8 Å². The number of nitrogens with zero attached hydrogens (tertiary/aromatic N) is 1. The Morgan fingerprint density at radius 1 is 1.32 bits per heavy atom. The summed E-state index contributed by atoms with van der Waals surface area (Å²) in [6, 6.07) is 4.74. The Labute approximate surface area is 109 Å². The zero-order chi connectivity index (χ0) is 14.5. The summed E-state index contributed by atoms with van der Waals surface area (Å²) in [5.41, 5.74) is -1.22. The molecular formula is C12H15F3N2O2. The Morgan fingerprint density at radius 3 is 2.53 bits per heavy atom. The Hall–Kier alpha value is -1.76. The lowest BCUT2D eigenvalue weighted by molar-refractivity contribution is -0.136. The van der Waals surface area contributed by atoms with Gasteiger partial charge in [0.25, 0.3) is 0 Å². The van der Waals surface area contributed by atoms with Crippen LogP contribution in [0.5, 0.6) is 0 Å². The lowest BCUT2D eigenvalue weighted by atomic mass is 10.2. The number of hydrogen-bond donors (Lipinski definition) is 1. The minimum atomic E-state index is -4.52. The predicted molar refractivity (Wildman–Crippen MR) is 65.0 cm³/mol. The summed E-state index contributed by atoms with van der Waals surface area (Å²) in [4.78, 5) is 13.1. The van der Waals surface area contributed by atoms with Crippen LogP contribution >= 0.6 is 0 Å². The number of anilines is 1. The largest absolute Gasteiger partial charge is 0.448 e. The van der Waals surface area contributed by atoms with E-state index in [1.807, 2.05) is 0 Å². The highest BCUT2D eigenvalue weighted by molar-refractivity contribution is 5.85. The molecule has 0 unspecified atom stereocenters. The molecule has 0 spiro atoms. The molecule has 0 saturated carbocycles. The van der Waals surface area contributed by atoms with Gasteiger partial charge in [0, 0.05) is 6.54 Å². The van der Waals surface area contributed by atoms with Crippen molar-refractivity contribution in [2.24, 2.45) is 0 Å². The fraction of sp³-hybridized carbons (Fsp3) is 0.417. The van der Waals surface area contributed by atoms with Crippen LogP contribution in [0.25, 0.3) is 0 Å². The SMILES string of the molecule is CN(C)CCOC(=O)Nc1ccccc1C(F)(F)F. The number of amides is 1. The third kappa shape index (κ3) is 5.17. The van der Waals surface area contributed by atoms with Crippen molar-refractivity contribution in [1.29, 1.82) is 0 Å². The maximum atomic E-state index is 12.7. The molecule has 0 heterocycles. The lowest BCUT2D eigenvalue weighted by Crippen LogP contribution is -2.23. The zero-order valence-electron chi connectivity index (χ0n) is 10.6. The Morgan fingerprint density at radius 2 is 1.95 bits per heavy atom. The second-order valence-corrected chi connectivity index (χ2v) is 4.11. The minimum absolute atomic E-state index is 0.104. The van der Waals surface area contributed by atoms with Crippen molar-refractivity contribution in [1.82, 2.24) is 4.90 Å². The first-order chi connectivity index (χ1) is 8.80. The second-order valence-electron chi connectivity index (χ2n) is 4.11. The van der Waals surface area contributed by atoms with Crippen molar-refractivity contribution in [2.75, 3.05) is 32.6 Å². The maximum Gasteiger partial charge on any atom is 0.418 e. The highest BCUT2D eigenvalue weighted by Crippen LogP contribution is 2.34. The molecule has 106 valence electrons. The molecule has 0 aliphatic heterocycles. The van der Waals surface area contributed by atoms with Crippen molar-refractivity contribution in [3.05, 3.63) is 29.8 Å². The van der Waals surface area contributed by atoms with Gasteiger partial charge < -0.3 is 9.64 Å². The van der Waals surface area contributed by atoms with Gasteiger partial charge in [-0.3, -0.25) is 5.32 Å². The van der Waals surface area contributed by atoms with Gasteiger partial charge in [0.05, 0.1) is 11.3 Å². The first kappa shape index (κ1) is 15.3. The highest BCUT2D eigenvalue weighted by atomic mass is 19.4. The fourth-order valence-electron chi connectivity index (χ4n) is 1.31. The summed E-state index contributed by atoms with van der Waals surface area (Å²) < 4.78 is 42.7. The number of carbonyl (C=O) groups excluding carboxylic acids is 1. The number of ether oxygens (including phenoxy) is 1. The van der Waals surface area contributed by atoms with Crippen molar-refractivity contribution in [2.45, 2.75) is 6.18 Å². The van der Waals surface area contributed by atoms with Crippen LogP contribution in [0.2, 0.25) is 0 Å². The standard InChI is InChI=1S/C12H15F3N2O2/c1-17(2)7-8-19-11(18)16-10-6-4-3-5-9(10)12(13,14)15/h3-6H,7-8H2,1-2H3,(H,16,18). The third-order valence-electron chi connectivity index (χ3n) is 2.24. The van der Waals surface area contributed by atoms with Gasteiger partial charge in [0.2, 0.25) is 0 Å². The summed E-state index contributed by atoms with van der Waals surface area (Å²) in [6.07, 6.45) is -5.42. The number of nitrogens with one attached hydrogen (secondary N) is 1. The van der Waals surface area contributed by atoms with E-state index in [1.165, 1.54) is 18.2 Å². The van der Waals surface area contributed by atoms with Gasteiger partial charge in [-0.1, -0.05) is 12.1 Å². The molecule has 0 aromatic heterocycles. The Bertz CT molecular complexity index is 433. The molecule has 1 aromatic rings. The number of likely N-dealkylation sites (N-methyl/N-ethyl adjacent to an activating group) is 1. The minimum Gasteiger partial charge on any atom is -0.448 e. The topological polar surface area (TPSA) is 41.6 Å². The van der Waals surface area contributed by atoms with Crippen molar-refractivity contribution in [3.8, 4) is 0 Å². The molecule has 0 atom stereocenters. The molecule has 1 amide bonds. The molecule has 0 aliphatic rings. The number of halogens is 3. The van der Waals surface area contributed by atoms with Crippen LogP contribution in [0.1, 0.15) is 5.56 Å². The molecule has 4 nitrogen and oxygen atoms in total. The molecule has 0 saturated heterocycles. The van der Waals surface area contributed by atoms with Gasteiger partial charge in [-0.25, -0.2) is 4.79 Å². The van der Waals surface area contributed by atoms with E-state index < -0.39 is 17.8 Å². The molecule has 1 aromatic carbocycles. The number of hydrogen-bond acceptors (Lipinski definition) is 3. The number of rotatable bonds is 4. The molecule has 19 heavy (non-hydrogen) atoms. The lowest BCUT2D eigenvalue weighted by Gasteiger charge is -2.14. The van der Waals surface area contributed by atoms with Crippen LogP contribution < -0.4 is 5.32 Å². The van der Waals surface area contributed by atoms with E-state index in [1.54, 1.807) is 19.0 Å². The summed E-state index contributed by atoms with van der Waals surface area (Å²) in [7, 11) is 3.58. The quantitative estimate of drug-likeness (QED) is 0.919. The monoisotopic (exact) mass is 276 g/mol. The van der Waals surface area contributed by atoms with Gasteiger partial charge in [-0.2, -0.15) is 13.2 Å². The molecular weight excluding hydrogens is 261 g/mol. The second kappa shape index (κ2) is 6.42. The number of alkyl halides is 3. The van der Waals surface area contributed by atoms with Crippen LogP contribution in [0.3, 0.4) is 0 Å². The summed E-state index contributed by atoms with van der Waals surface area (Å²) in [5.74, 6) is 0. The smallest absolute Gasteiger partial charge is 0.418 e. The van der Waals surface area contributed by atoms with Crippen LogP contribution in [0.4, 0.5) is 23.7 Å². The summed E-state index contributed by atoms with van der Waals surface area (Å²) >= 11 is 0. The molecule has 0 aliphatic carbocycles. The van der Waals surface area contributed by atoms with Crippen LogP contribution in [-0.4, -0.2) is 38.2 Å². The van der Waals surface area contributed by atoms with E-state index >= 15 is 0 Å². The van der Waals surface area contributed by atoms with Crippen LogP contribution in [0, 0.1) is 0 Å². The average Bonchev–Trinajstić information content (AvgIpc) is 2.27. The normalized spacial score (nSPS) is 11.5. The van der Waals surface area contributed by atoms with Crippen molar-refractivity contribution in [3.63, 3.8) is 0 Å². The average molecular weight is 276 g/mol. The first-order valence-electron chi connectivity index (χ1n) is 5.55. The van der Waals surface area contributed by atoms with E-state index in [4.69, 9.17) is 4.74 Å². The Balaban J connectivity index is 2.64. The number of benzene rings is 1. The molecule has 1 rings (SSSR count). The van der Waals surface area contributed by atoms with Gasteiger partial charge in [-0.15, -0.1) is 0 Å². The van der Waals surface area contributed by atoms with E-state index in [0.29, 0.717) is 6.54 Å². The van der Waals surface area contributed by atoms with Gasteiger partial charge in [-0.05, 0) is 26.2 Å². The van der Waals surface area contributed by atoms with Crippen LogP contribution in [0.15, 0.2) is 24.3 Å². The van der Waals surface area contributed by atoms with Crippen molar-refractivity contribution < 1.29 is 22.7 Å². The fourth-order valence-corrected chi connectivity index (χ4v) is 1.31. The molecule has 0 bridgehead atoms. The van der Waals surface area contributed by atoms with Gasteiger partial charge in [0.1, 0.15) is 6.61 Å². The summed E-state index contributed by atoms with van der Waals surface area (Å²) in [6.45, 7) is 0.599. The molecule has 1 N–H and O–H groups in total. The first-order valence-corrected chi connectivity index (χ1v) is 5.55. The maximum absolute atomic E-state index is 12.7. The number of carbonyl (C=O) groups is 1. The summed E-state index contributed by atoms with van der Waals surface area (Å²) in [5, 5.41) is 2.09. The highest BCUT2D eigenvalue weighted by Gasteiger charge is 2.33. The van der Waals surface area contributed by atoms with Gasteiger partial charge >= 0.3 is 12.3 Å². The van der Waals surface area contributed by atoms with E-state index in [9.17, 15) is 18.0 Å². The predicted octanol–water partition coefficient (Wildman–Crippen LogP) is 2.82. The Kier molecular flexibility index (Phi) is 5.17. The zero-order valence-corrected chi connectivity index (χ0v) is 10.6. The van der Waals surface area contributed by atoms with E-state index in [2.05, 4.69) is 5.32 Å². The van der Waals surface area contributed by atoms with Gasteiger partial charge in [0.15, 0.2) is 0 Å². The van der Waals surface area contributed by atoms with E-state index in [0.717, 1.165) is 6.07 Å². The molecule has 7 heteroatoms. The van der Waals surface area contributed by atoms with Crippen LogP contribution in [-0.2, 0) is 10.9 Å². The molecule has 0 radical (unpaired) electrons. The number of para-hydroxylation sites is 1. The van der Waals surface area contributed by atoms with E-state index in [-0.39, 0.29) is 12.3 Å².